The zero-order valence-corrected chi connectivity index (χ0v) is 22.0. The first-order valence-corrected chi connectivity index (χ1v) is 13.8. The van der Waals surface area contributed by atoms with Crippen molar-refractivity contribution in [1.29, 1.82) is 0 Å². The lowest BCUT2D eigenvalue weighted by atomic mass is 9.98. The summed E-state index contributed by atoms with van der Waals surface area (Å²) in [5.41, 5.74) is -0.808. The van der Waals surface area contributed by atoms with Gasteiger partial charge in [-0.2, -0.15) is 18.3 Å². The van der Waals surface area contributed by atoms with Crippen molar-refractivity contribution in [1.82, 2.24) is 20.0 Å². The number of aromatic nitrogens is 2. The molecule has 1 aromatic heterocycles. The highest BCUT2D eigenvalue weighted by Gasteiger charge is 2.49. The molecule has 3 heterocycles. The van der Waals surface area contributed by atoms with E-state index >= 15 is 0 Å². The Bertz CT molecular complexity index is 1220. The van der Waals surface area contributed by atoms with Gasteiger partial charge in [-0.3, -0.25) is 19.2 Å². The van der Waals surface area contributed by atoms with Crippen LogP contribution in [0.3, 0.4) is 0 Å². The minimum absolute atomic E-state index is 0.0760. The topological polar surface area (TPSA) is 87.5 Å². The van der Waals surface area contributed by atoms with Crippen molar-refractivity contribution >= 4 is 11.9 Å². The maximum atomic E-state index is 14.0. The molecule has 40 heavy (non-hydrogen) atoms. The third-order valence-corrected chi connectivity index (χ3v) is 8.48. The Kier molecular flexibility index (Phi) is 7.91. The van der Waals surface area contributed by atoms with Crippen LogP contribution in [-0.2, 0) is 11.0 Å². The lowest BCUT2D eigenvalue weighted by Crippen LogP contribution is -2.49. The largest absolute Gasteiger partial charge is 0.481 e. The zero-order valence-electron chi connectivity index (χ0n) is 22.0. The third kappa shape index (κ3) is 6.16. The Hall–Kier alpha value is -3.02. The molecule has 2 aliphatic heterocycles. The number of nitrogens with zero attached hydrogens (tertiary/aromatic N) is 3. The first-order valence-electron chi connectivity index (χ1n) is 13.8. The van der Waals surface area contributed by atoms with Gasteiger partial charge in [0.1, 0.15) is 0 Å². The molecule has 1 aliphatic carbocycles. The smallest absolute Gasteiger partial charge is 0.417 e. The monoisotopic (exact) mass is 568 g/mol. The standard InChI is InChI=1S/C28H33F5N4O3/c29-27(30)15-19-9-10-20(16-27)36(19)12-11-17(13-25(38)39)34-26(40)23-14-24(37(35-23)18-5-1-2-6-18)21-7-3-4-8-22(21)28(31,32)33/h3-4,7-8,14,17-20H,1-2,5-6,9-13,15-16H2,(H,34,40)(H,38,39)/t17-,19?,20?/m0/s1. The molecule has 0 spiro atoms. The number of hydrogen-bond acceptors (Lipinski definition) is 4. The number of carboxylic acid groups (broad SMARTS) is 1. The van der Waals surface area contributed by atoms with Gasteiger partial charge in [0.05, 0.1) is 23.7 Å². The van der Waals surface area contributed by atoms with Crippen LogP contribution in [-0.4, -0.2) is 62.3 Å². The van der Waals surface area contributed by atoms with E-state index in [1.165, 1.54) is 28.9 Å². The third-order valence-electron chi connectivity index (χ3n) is 8.48. The second kappa shape index (κ2) is 11.1. The second-order valence-electron chi connectivity index (χ2n) is 11.3. The number of carbonyl (C=O) groups excluding carboxylic acids is 1. The van der Waals surface area contributed by atoms with Crippen molar-refractivity contribution in [2.24, 2.45) is 0 Å². The van der Waals surface area contributed by atoms with Crippen molar-refractivity contribution in [2.45, 2.75) is 100 Å². The molecule has 2 saturated heterocycles. The van der Waals surface area contributed by atoms with E-state index in [1.54, 1.807) is 0 Å². The first-order chi connectivity index (χ1) is 18.9. The first kappa shape index (κ1) is 28.5. The number of rotatable bonds is 9. The zero-order chi connectivity index (χ0) is 28.7. The summed E-state index contributed by atoms with van der Waals surface area (Å²) in [6.45, 7) is 0.365. The van der Waals surface area contributed by atoms with Gasteiger partial charge in [0.15, 0.2) is 5.69 Å². The molecule has 1 aromatic carbocycles. The van der Waals surface area contributed by atoms with Crippen LogP contribution in [0.1, 0.15) is 86.3 Å². The molecule has 0 radical (unpaired) electrons. The number of halogens is 5. The summed E-state index contributed by atoms with van der Waals surface area (Å²) in [6, 6.07) is 5.01. The van der Waals surface area contributed by atoms with Crippen LogP contribution < -0.4 is 5.32 Å². The number of benzene rings is 1. The molecule has 12 heteroatoms. The van der Waals surface area contributed by atoms with E-state index in [2.05, 4.69) is 10.4 Å². The van der Waals surface area contributed by atoms with E-state index < -0.39 is 35.6 Å². The van der Waals surface area contributed by atoms with Crippen LogP contribution in [0.2, 0.25) is 0 Å². The Balaban J connectivity index is 1.36. The summed E-state index contributed by atoms with van der Waals surface area (Å²) in [5.74, 6) is -4.51. The highest BCUT2D eigenvalue weighted by atomic mass is 19.4. The van der Waals surface area contributed by atoms with Gasteiger partial charge in [-0.05, 0) is 44.2 Å². The van der Waals surface area contributed by atoms with E-state index in [-0.39, 0.29) is 60.8 Å². The molecule has 3 atom stereocenters. The number of amides is 1. The van der Waals surface area contributed by atoms with Gasteiger partial charge < -0.3 is 10.4 Å². The Labute approximate surface area is 228 Å². The van der Waals surface area contributed by atoms with Crippen molar-refractivity contribution in [3.8, 4) is 11.3 Å². The lowest BCUT2D eigenvalue weighted by Gasteiger charge is -2.39. The van der Waals surface area contributed by atoms with Crippen LogP contribution in [0.5, 0.6) is 0 Å². The van der Waals surface area contributed by atoms with Crippen LogP contribution in [0.15, 0.2) is 30.3 Å². The number of carboxylic acids is 1. The molecule has 218 valence electrons. The highest BCUT2D eigenvalue weighted by molar-refractivity contribution is 5.94. The fourth-order valence-corrected chi connectivity index (χ4v) is 6.68. The van der Waals surface area contributed by atoms with E-state index in [0.717, 1.165) is 31.7 Å². The fraction of sp³-hybridized carbons (Fsp3) is 0.607. The van der Waals surface area contributed by atoms with Crippen molar-refractivity contribution in [2.75, 3.05) is 6.54 Å². The molecule has 5 rings (SSSR count). The van der Waals surface area contributed by atoms with Crippen molar-refractivity contribution in [3.63, 3.8) is 0 Å². The molecule has 2 N–H and O–H groups in total. The number of aliphatic carboxylic acids is 1. The number of alkyl halides is 5. The number of carbonyl (C=O) groups is 2. The minimum Gasteiger partial charge on any atom is -0.481 e. The van der Waals surface area contributed by atoms with E-state index in [4.69, 9.17) is 0 Å². The van der Waals surface area contributed by atoms with Crippen LogP contribution in [0.25, 0.3) is 11.3 Å². The van der Waals surface area contributed by atoms with Crippen LogP contribution in [0.4, 0.5) is 22.0 Å². The van der Waals surface area contributed by atoms with Gasteiger partial charge in [-0.15, -0.1) is 0 Å². The molecule has 3 fully saturated rings. The number of fused-ring (bicyclic) bond motifs is 2. The predicted molar refractivity (Wildman–Crippen MR) is 136 cm³/mol. The summed E-state index contributed by atoms with van der Waals surface area (Å²) in [5, 5.41) is 16.6. The maximum absolute atomic E-state index is 14.0. The van der Waals surface area contributed by atoms with Gasteiger partial charge >= 0.3 is 12.1 Å². The van der Waals surface area contributed by atoms with E-state index in [1.807, 2.05) is 4.90 Å². The van der Waals surface area contributed by atoms with Crippen molar-refractivity contribution < 1.29 is 36.6 Å². The second-order valence-corrected chi connectivity index (χ2v) is 11.3. The maximum Gasteiger partial charge on any atom is 0.417 e. The molecule has 7 nitrogen and oxygen atoms in total. The number of nitrogens with one attached hydrogen (secondary N) is 1. The fourth-order valence-electron chi connectivity index (χ4n) is 6.68. The molecule has 1 amide bonds. The quantitative estimate of drug-likeness (QED) is 0.368. The number of hydrogen-bond donors (Lipinski definition) is 2. The average Bonchev–Trinajstić information content (AvgIpc) is 3.60. The van der Waals surface area contributed by atoms with Gasteiger partial charge in [-0.1, -0.05) is 31.0 Å². The van der Waals surface area contributed by atoms with Crippen LogP contribution >= 0.6 is 0 Å². The van der Waals surface area contributed by atoms with E-state index in [9.17, 15) is 36.6 Å². The molecule has 2 aromatic rings. The SMILES string of the molecule is O=C(O)C[C@H](CCN1C2CCC1CC(F)(F)C2)NC(=O)c1cc(-c2ccccc2C(F)(F)F)n(C2CCCC2)n1. The van der Waals surface area contributed by atoms with E-state index in [0.29, 0.717) is 19.4 Å². The van der Waals surface area contributed by atoms with Gasteiger partial charge in [0, 0.05) is 43.1 Å². The number of piperidine rings is 1. The molecule has 2 bridgehead atoms. The summed E-state index contributed by atoms with van der Waals surface area (Å²) in [4.78, 5) is 26.9. The Morgan fingerprint density at radius 2 is 1.70 bits per heavy atom. The van der Waals surface area contributed by atoms with Crippen LogP contribution in [0, 0.1) is 0 Å². The minimum atomic E-state index is -4.60. The average molecular weight is 569 g/mol. The Morgan fingerprint density at radius 3 is 2.33 bits per heavy atom. The highest BCUT2D eigenvalue weighted by Crippen LogP contribution is 2.44. The summed E-state index contributed by atoms with van der Waals surface area (Å²) in [6.07, 6.45) is -0.606. The van der Waals surface area contributed by atoms with Crippen molar-refractivity contribution in [3.05, 3.63) is 41.6 Å². The molecular weight excluding hydrogens is 535 g/mol. The molecule has 2 unspecified atom stereocenters. The normalized spacial score (nSPS) is 23.8. The molecular formula is C28H33F5N4O3. The summed E-state index contributed by atoms with van der Waals surface area (Å²) < 4.78 is 71.0. The van der Waals surface area contributed by atoms with Gasteiger partial charge in [0.2, 0.25) is 0 Å². The van der Waals surface area contributed by atoms with Gasteiger partial charge in [0.25, 0.3) is 11.8 Å². The lowest BCUT2D eigenvalue weighted by molar-refractivity contribution is -0.138. The Morgan fingerprint density at radius 1 is 1.05 bits per heavy atom. The molecule has 3 aliphatic rings. The van der Waals surface area contributed by atoms with Gasteiger partial charge in [-0.25, -0.2) is 8.78 Å². The molecule has 1 saturated carbocycles. The summed E-state index contributed by atoms with van der Waals surface area (Å²) >= 11 is 0. The summed E-state index contributed by atoms with van der Waals surface area (Å²) in [7, 11) is 0. The predicted octanol–water partition coefficient (Wildman–Crippen LogP) is 5.91.